The smallest absolute Gasteiger partial charge is 0.213 e. The normalized spacial score (nSPS) is 14.0. The van der Waals surface area contributed by atoms with Crippen molar-refractivity contribution in [1.29, 1.82) is 0 Å². The van der Waals surface area contributed by atoms with E-state index in [1.54, 1.807) is 0 Å². The highest BCUT2D eigenvalue weighted by atomic mass is 32.1. The van der Waals surface area contributed by atoms with Gasteiger partial charge in [0.1, 0.15) is 13.2 Å². The van der Waals surface area contributed by atoms with Crippen LogP contribution in [0.5, 0.6) is 11.5 Å². The van der Waals surface area contributed by atoms with Gasteiger partial charge in [0, 0.05) is 30.1 Å². The molecule has 0 aliphatic carbocycles. The molecule has 0 spiro atoms. The Hall–Kier alpha value is -3.23. The van der Waals surface area contributed by atoms with Gasteiger partial charge < -0.3 is 20.9 Å². The minimum Gasteiger partial charge on any atom is -0.486 e. The molecule has 1 atom stereocenters. The first-order chi connectivity index (χ1) is 15.0. The van der Waals surface area contributed by atoms with Gasteiger partial charge in [0.2, 0.25) is 5.95 Å². The van der Waals surface area contributed by atoms with E-state index in [1.165, 1.54) is 23.6 Å². The molecule has 3 heterocycles. The number of aromatic nitrogens is 2. The molecule has 1 aliphatic heterocycles. The van der Waals surface area contributed by atoms with Gasteiger partial charge in [-0.1, -0.05) is 29.5 Å². The summed E-state index contributed by atoms with van der Waals surface area (Å²) >= 11 is 1.41. The highest BCUT2D eigenvalue weighted by molar-refractivity contribution is 7.18. The van der Waals surface area contributed by atoms with Crippen molar-refractivity contribution < 1.29 is 13.9 Å². The van der Waals surface area contributed by atoms with Gasteiger partial charge in [0.05, 0.1) is 10.6 Å². The Morgan fingerprint density at radius 2 is 1.84 bits per heavy atom. The topological polar surface area (TPSA) is 96.3 Å². The Morgan fingerprint density at radius 3 is 2.71 bits per heavy atom. The summed E-state index contributed by atoms with van der Waals surface area (Å²) in [6.07, 6.45) is 2.77. The van der Waals surface area contributed by atoms with Crippen LogP contribution in [0.1, 0.15) is 11.3 Å². The van der Waals surface area contributed by atoms with Crippen molar-refractivity contribution in [1.82, 2.24) is 9.97 Å². The van der Waals surface area contributed by atoms with E-state index in [1.807, 2.05) is 36.4 Å². The quantitative estimate of drug-likeness (QED) is 0.460. The third kappa shape index (κ3) is 4.17. The van der Waals surface area contributed by atoms with Crippen LogP contribution in [-0.2, 0) is 12.8 Å². The molecule has 0 fully saturated rings. The number of halogens is 1. The minimum atomic E-state index is -0.504. The molecule has 2 aromatic carbocycles. The number of hydrogen-bond donors (Lipinski definition) is 2. The average molecular weight is 437 g/mol. The van der Waals surface area contributed by atoms with Crippen LogP contribution < -0.4 is 20.9 Å². The number of anilines is 1. The monoisotopic (exact) mass is 436 g/mol. The first-order valence-corrected chi connectivity index (χ1v) is 10.8. The Bertz CT molecular complexity index is 1260. The van der Waals surface area contributed by atoms with Crippen molar-refractivity contribution in [3.63, 3.8) is 0 Å². The van der Waals surface area contributed by atoms with Gasteiger partial charge in [-0.05, 0) is 41.1 Å². The Labute approximate surface area is 182 Å². The first-order valence-electron chi connectivity index (χ1n) is 10.00. The van der Waals surface area contributed by atoms with Gasteiger partial charge >= 0.3 is 0 Å². The van der Waals surface area contributed by atoms with E-state index in [0.717, 1.165) is 44.0 Å². The molecule has 6 nitrogen and oxygen atoms in total. The zero-order valence-electron chi connectivity index (χ0n) is 16.7. The van der Waals surface area contributed by atoms with E-state index in [9.17, 15) is 4.39 Å². The van der Waals surface area contributed by atoms with Gasteiger partial charge in [-0.2, -0.15) is 4.39 Å². The van der Waals surface area contributed by atoms with Crippen LogP contribution in [0.15, 0.2) is 48.7 Å². The molecule has 31 heavy (non-hydrogen) atoms. The summed E-state index contributed by atoms with van der Waals surface area (Å²) in [6.45, 7) is 1.12. The van der Waals surface area contributed by atoms with Crippen molar-refractivity contribution >= 4 is 27.2 Å². The predicted octanol–water partition coefficient (Wildman–Crippen LogP) is 3.96. The molecule has 0 radical (unpaired) electrons. The largest absolute Gasteiger partial charge is 0.486 e. The molecule has 2 aromatic heterocycles. The number of thiazole rings is 1. The molecule has 4 N–H and O–H groups in total. The summed E-state index contributed by atoms with van der Waals surface area (Å²) < 4.78 is 24.8. The fourth-order valence-corrected chi connectivity index (χ4v) is 4.68. The second kappa shape index (κ2) is 8.13. The Morgan fingerprint density at radius 1 is 1.00 bits per heavy atom. The molecule has 8 heteroatoms. The second-order valence-corrected chi connectivity index (χ2v) is 8.57. The highest BCUT2D eigenvalue weighted by Crippen LogP contribution is 2.35. The second-order valence-electron chi connectivity index (χ2n) is 7.54. The van der Waals surface area contributed by atoms with Crippen LogP contribution in [0.4, 0.5) is 9.52 Å². The maximum Gasteiger partial charge on any atom is 0.213 e. The summed E-state index contributed by atoms with van der Waals surface area (Å²) in [5.41, 5.74) is 15.4. The van der Waals surface area contributed by atoms with Crippen LogP contribution in [0.2, 0.25) is 0 Å². The van der Waals surface area contributed by atoms with Gasteiger partial charge in [-0.15, -0.1) is 0 Å². The summed E-state index contributed by atoms with van der Waals surface area (Å²) in [5, 5.41) is 2.14. The van der Waals surface area contributed by atoms with Gasteiger partial charge in [-0.3, -0.25) is 0 Å². The maximum absolute atomic E-state index is 13.6. The first kappa shape index (κ1) is 19.7. The van der Waals surface area contributed by atoms with E-state index in [-0.39, 0.29) is 6.04 Å². The molecular weight excluding hydrogens is 415 g/mol. The molecule has 5 rings (SSSR count). The number of nitrogen functional groups attached to an aromatic ring is 1. The maximum atomic E-state index is 13.6. The zero-order chi connectivity index (χ0) is 21.4. The van der Waals surface area contributed by atoms with E-state index in [4.69, 9.17) is 20.9 Å². The van der Waals surface area contributed by atoms with Crippen LogP contribution in [0.25, 0.3) is 21.2 Å². The molecule has 0 saturated carbocycles. The Kier molecular flexibility index (Phi) is 5.17. The lowest BCUT2D eigenvalue weighted by molar-refractivity contribution is 0.171. The number of nitrogens with two attached hydrogens (primary N) is 2. The number of fused-ring (bicyclic) bond motifs is 2. The van der Waals surface area contributed by atoms with Crippen molar-refractivity contribution in [2.45, 2.75) is 18.9 Å². The SMILES string of the molecule is Nc1nc(C[C@@H](N)Cc2ccc3c(c2)OCCO3)c(-c2ccc3cnc(F)cc3c2)s1. The van der Waals surface area contributed by atoms with Crippen molar-refractivity contribution in [3.8, 4) is 21.9 Å². The van der Waals surface area contributed by atoms with Crippen molar-refractivity contribution in [3.05, 3.63) is 65.9 Å². The zero-order valence-corrected chi connectivity index (χ0v) is 17.5. The van der Waals surface area contributed by atoms with E-state index >= 15 is 0 Å². The molecule has 4 aromatic rings. The number of benzene rings is 2. The lowest BCUT2D eigenvalue weighted by atomic mass is 10.00. The lowest BCUT2D eigenvalue weighted by Gasteiger charge is -2.19. The van der Waals surface area contributed by atoms with Gasteiger partial charge in [0.15, 0.2) is 16.6 Å². The van der Waals surface area contributed by atoms with E-state index in [2.05, 4.69) is 9.97 Å². The summed E-state index contributed by atoms with van der Waals surface area (Å²) in [5.74, 6) is 1.02. The summed E-state index contributed by atoms with van der Waals surface area (Å²) in [4.78, 5) is 9.18. The number of hydrogen-bond acceptors (Lipinski definition) is 7. The third-order valence-corrected chi connectivity index (χ3v) is 6.20. The molecule has 1 aliphatic rings. The molecule has 0 saturated heterocycles. The van der Waals surface area contributed by atoms with Crippen LogP contribution in [0.3, 0.4) is 0 Å². The lowest BCUT2D eigenvalue weighted by Crippen LogP contribution is -2.26. The fourth-order valence-electron chi connectivity index (χ4n) is 3.83. The molecule has 0 unspecified atom stereocenters. The van der Waals surface area contributed by atoms with Crippen molar-refractivity contribution in [2.24, 2.45) is 5.73 Å². The Balaban J connectivity index is 1.38. The number of nitrogens with zero attached hydrogens (tertiary/aromatic N) is 2. The summed E-state index contributed by atoms with van der Waals surface area (Å²) in [6, 6.07) is 13.0. The predicted molar refractivity (Wildman–Crippen MR) is 120 cm³/mol. The van der Waals surface area contributed by atoms with E-state index in [0.29, 0.717) is 31.2 Å². The third-order valence-electron chi connectivity index (χ3n) is 5.22. The number of pyridine rings is 1. The van der Waals surface area contributed by atoms with Crippen LogP contribution in [0, 0.1) is 5.95 Å². The van der Waals surface area contributed by atoms with Crippen molar-refractivity contribution in [2.75, 3.05) is 18.9 Å². The highest BCUT2D eigenvalue weighted by Gasteiger charge is 2.18. The fraction of sp³-hybridized carbons (Fsp3) is 0.217. The standard InChI is InChI=1S/C23H21FN4O2S/c24-21-10-16-9-14(2-3-15(16)12-27-21)22-18(28-23(26)31-22)11-17(25)7-13-1-4-19-20(8-13)30-6-5-29-19/h1-4,8-10,12,17H,5-7,11,25H2,(H2,26,28)/t17-/m0/s1. The molecular formula is C23H21FN4O2S. The van der Waals surface area contributed by atoms with E-state index < -0.39 is 5.95 Å². The summed E-state index contributed by atoms with van der Waals surface area (Å²) in [7, 11) is 0. The molecule has 0 bridgehead atoms. The minimum absolute atomic E-state index is 0.148. The van der Waals surface area contributed by atoms with Crippen LogP contribution in [-0.4, -0.2) is 29.2 Å². The average Bonchev–Trinajstić information content (AvgIpc) is 3.12. The molecule has 158 valence electrons. The molecule has 0 amide bonds. The number of rotatable bonds is 5. The van der Waals surface area contributed by atoms with Gasteiger partial charge in [0.25, 0.3) is 0 Å². The van der Waals surface area contributed by atoms with Crippen LogP contribution >= 0.6 is 11.3 Å². The number of ether oxygens (including phenoxy) is 2. The van der Waals surface area contributed by atoms with Gasteiger partial charge in [-0.25, -0.2) is 9.97 Å².